The zero-order chi connectivity index (χ0) is 16.3. The Bertz CT molecular complexity index is 605. The van der Waals surface area contributed by atoms with Gasteiger partial charge in [-0.2, -0.15) is 18.4 Å². The van der Waals surface area contributed by atoms with Gasteiger partial charge in [-0.1, -0.05) is 0 Å². The fourth-order valence-corrected chi connectivity index (χ4v) is 1.47. The maximum atomic E-state index is 12.6. The number of ether oxygens (including phenoxy) is 1. The van der Waals surface area contributed by atoms with E-state index in [1.165, 1.54) is 0 Å². The average molecular weight is 297 g/mol. The lowest BCUT2D eigenvalue weighted by molar-refractivity contribution is -0.148. The van der Waals surface area contributed by atoms with Gasteiger partial charge in [-0.15, -0.1) is 0 Å². The Morgan fingerprint density at radius 3 is 2.38 bits per heavy atom. The van der Waals surface area contributed by atoms with E-state index in [9.17, 15) is 18.0 Å². The fourth-order valence-electron chi connectivity index (χ4n) is 1.47. The van der Waals surface area contributed by atoms with Crippen LogP contribution in [-0.2, 0) is 15.7 Å². The third-order valence-corrected chi connectivity index (χ3v) is 2.31. The summed E-state index contributed by atoms with van der Waals surface area (Å²) in [6, 6.07) is 4.48. The normalized spacial score (nSPS) is 12.2. The van der Waals surface area contributed by atoms with Crippen molar-refractivity contribution in [1.29, 1.82) is 5.26 Å². The van der Waals surface area contributed by atoms with Crippen molar-refractivity contribution in [2.75, 3.05) is 0 Å². The monoisotopic (exact) mass is 297 g/mol. The molecule has 0 heterocycles. The number of alkyl halides is 3. The number of halogens is 3. The van der Waals surface area contributed by atoms with Gasteiger partial charge in [0.1, 0.15) is 5.60 Å². The second-order valence-corrected chi connectivity index (χ2v) is 5.28. The molecule has 3 nitrogen and oxygen atoms in total. The Balaban J connectivity index is 3.07. The first-order chi connectivity index (χ1) is 9.53. The van der Waals surface area contributed by atoms with Crippen LogP contribution in [0.5, 0.6) is 0 Å². The maximum absolute atomic E-state index is 12.6. The van der Waals surface area contributed by atoms with E-state index in [4.69, 9.17) is 10.00 Å². The summed E-state index contributed by atoms with van der Waals surface area (Å²) < 4.78 is 42.9. The number of carbonyl (C=O) groups is 1. The number of benzene rings is 1. The number of hydrogen-bond acceptors (Lipinski definition) is 3. The Morgan fingerprint density at radius 2 is 1.90 bits per heavy atom. The highest BCUT2D eigenvalue weighted by Gasteiger charge is 2.30. The summed E-state index contributed by atoms with van der Waals surface area (Å²) in [6.45, 7) is 5.01. The molecule has 0 aliphatic rings. The topological polar surface area (TPSA) is 50.1 Å². The van der Waals surface area contributed by atoms with Crippen LogP contribution in [0.4, 0.5) is 13.2 Å². The third-order valence-electron chi connectivity index (χ3n) is 2.31. The highest BCUT2D eigenvalue weighted by atomic mass is 19.4. The number of nitrogens with zero attached hydrogens (tertiary/aromatic N) is 1. The summed E-state index contributed by atoms with van der Waals surface area (Å²) in [4.78, 5) is 11.5. The number of nitriles is 1. The van der Waals surface area contributed by atoms with Crippen molar-refractivity contribution in [3.63, 3.8) is 0 Å². The standard InChI is InChI=1S/C15H14F3NO2/c1-14(2,3)21-13(20)7-5-10-8-12(15(16,17)18)6-4-11(10)9-19/h4-8H,1-3H3/b7-5+. The van der Waals surface area contributed by atoms with Gasteiger partial charge < -0.3 is 4.74 Å². The van der Waals surface area contributed by atoms with E-state index in [-0.39, 0.29) is 11.1 Å². The Labute approximate surface area is 120 Å². The molecule has 0 atom stereocenters. The van der Waals surface area contributed by atoms with Crippen LogP contribution >= 0.6 is 0 Å². The molecule has 0 amide bonds. The van der Waals surface area contributed by atoms with Gasteiger partial charge in [0.25, 0.3) is 0 Å². The zero-order valence-electron chi connectivity index (χ0n) is 11.8. The van der Waals surface area contributed by atoms with E-state index < -0.39 is 23.3 Å². The SMILES string of the molecule is CC(C)(C)OC(=O)/C=C/c1cc(C(F)(F)F)ccc1C#N. The van der Waals surface area contributed by atoms with E-state index in [0.29, 0.717) is 0 Å². The molecule has 0 saturated heterocycles. The molecule has 0 spiro atoms. The van der Waals surface area contributed by atoms with Gasteiger partial charge in [0, 0.05) is 6.08 Å². The van der Waals surface area contributed by atoms with Gasteiger partial charge in [0.05, 0.1) is 17.2 Å². The molecule has 1 aromatic rings. The minimum absolute atomic E-state index is 0.0122. The molecule has 0 unspecified atom stereocenters. The summed E-state index contributed by atoms with van der Waals surface area (Å²) >= 11 is 0. The molecule has 0 aromatic heterocycles. The van der Waals surface area contributed by atoms with Crippen molar-refractivity contribution in [3.8, 4) is 6.07 Å². The largest absolute Gasteiger partial charge is 0.457 e. The summed E-state index contributed by atoms with van der Waals surface area (Å²) in [5.41, 5.74) is -1.53. The molecule has 21 heavy (non-hydrogen) atoms. The van der Waals surface area contributed by atoms with Crippen LogP contribution in [0.25, 0.3) is 6.08 Å². The molecule has 1 aromatic carbocycles. The van der Waals surface area contributed by atoms with Crippen LogP contribution in [0, 0.1) is 11.3 Å². The molecule has 112 valence electrons. The fraction of sp³-hybridized carbons (Fsp3) is 0.333. The maximum Gasteiger partial charge on any atom is 0.416 e. The van der Waals surface area contributed by atoms with Crippen LogP contribution in [-0.4, -0.2) is 11.6 Å². The highest BCUT2D eigenvalue weighted by Crippen LogP contribution is 2.30. The molecule has 0 aliphatic carbocycles. The predicted molar refractivity (Wildman–Crippen MR) is 71.0 cm³/mol. The van der Waals surface area contributed by atoms with Crippen molar-refractivity contribution in [2.45, 2.75) is 32.5 Å². The van der Waals surface area contributed by atoms with Crippen molar-refractivity contribution < 1.29 is 22.7 Å². The van der Waals surface area contributed by atoms with Crippen molar-refractivity contribution in [2.24, 2.45) is 0 Å². The summed E-state index contributed by atoms with van der Waals surface area (Å²) in [5.74, 6) is -0.691. The van der Waals surface area contributed by atoms with E-state index >= 15 is 0 Å². The summed E-state index contributed by atoms with van der Waals surface area (Å²) in [7, 11) is 0. The summed E-state index contributed by atoms with van der Waals surface area (Å²) in [6.07, 6.45) is -2.37. The Hall–Kier alpha value is -2.29. The molecule has 0 saturated carbocycles. The molecule has 1 rings (SSSR count). The number of rotatable bonds is 2. The van der Waals surface area contributed by atoms with E-state index in [2.05, 4.69) is 0 Å². The van der Waals surface area contributed by atoms with Crippen molar-refractivity contribution >= 4 is 12.0 Å². The lowest BCUT2D eigenvalue weighted by Gasteiger charge is -2.17. The molecule has 0 aliphatic heterocycles. The molecule has 0 fully saturated rings. The number of carbonyl (C=O) groups excluding carboxylic acids is 1. The smallest absolute Gasteiger partial charge is 0.416 e. The van der Waals surface area contributed by atoms with Gasteiger partial charge >= 0.3 is 12.1 Å². The first-order valence-corrected chi connectivity index (χ1v) is 6.05. The van der Waals surface area contributed by atoms with Crippen molar-refractivity contribution in [3.05, 3.63) is 41.0 Å². The zero-order valence-corrected chi connectivity index (χ0v) is 11.8. The number of esters is 1. The quantitative estimate of drug-likeness (QED) is 0.614. The van der Waals surface area contributed by atoms with Crippen LogP contribution in [0.3, 0.4) is 0 Å². The molecule has 0 bridgehead atoms. The second-order valence-electron chi connectivity index (χ2n) is 5.28. The van der Waals surface area contributed by atoms with Gasteiger partial charge in [-0.3, -0.25) is 0 Å². The minimum Gasteiger partial charge on any atom is -0.457 e. The van der Waals surface area contributed by atoms with Crippen LogP contribution in [0.15, 0.2) is 24.3 Å². The molecule has 0 radical (unpaired) electrons. The Morgan fingerprint density at radius 1 is 1.29 bits per heavy atom. The molecular weight excluding hydrogens is 283 g/mol. The van der Waals surface area contributed by atoms with Gasteiger partial charge in [-0.25, -0.2) is 4.79 Å². The van der Waals surface area contributed by atoms with Crippen LogP contribution in [0.2, 0.25) is 0 Å². The van der Waals surface area contributed by atoms with E-state index in [1.54, 1.807) is 26.8 Å². The first kappa shape index (κ1) is 16.8. The average Bonchev–Trinajstić information content (AvgIpc) is 2.32. The molecule has 0 N–H and O–H groups in total. The lowest BCUT2D eigenvalue weighted by atomic mass is 10.0. The Kier molecular flexibility index (Phi) is 4.79. The van der Waals surface area contributed by atoms with Crippen LogP contribution in [0.1, 0.15) is 37.5 Å². The summed E-state index contributed by atoms with van der Waals surface area (Å²) in [5, 5.41) is 8.88. The second kappa shape index (κ2) is 6.00. The lowest BCUT2D eigenvalue weighted by Crippen LogP contribution is -2.22. The van der Waals surface area contributed by atoms with Gasteiger partial charge in [0.15, 0.2) is 0 Å². The first-order valence-electron chi connectivity index (χ1n) is 6.05. The molecule has 6 heteroatoms. The predicted octanol–water partition coefficient (Wildman–Crippen LogP) is 3.93. The van der Waals surface area contributed by atoms with E-state index in [1.807, 2.05) is 0 Å². The molecular formula is C15H14F3NO2. The van der Waals surface area contributed by atoms with Gasteiger partial charge in [0.2, 0.25) is 0 Å². The van der Waals surface area contributed by atoms with E-state index in [0.717, 1.165) is 30.4 Å². The highest BCUT2D eigenvalue weighted by molar-refractivity contribution is 5.87. The number of hydrogen-bond donors (Lipinski definition) is 0. The third kappa shape index (κ3) is 5.30. The minimum atomic E-state index is -4.51. The van der Waals surface area contributed by atoms with Gasteiger partial charge in [-0.05, 0) is 50.6 Å². The van der Waals surface area contributed by atoms with Crippen molar-refractivity contribution in [1.82, 2.24) is 0 Å². The van der Waals surface area contributed by atoms with Crippen LogP contribution < -0.4 is 0 Å².